The Balaban J connectivity index is 2.10. The van der Waals surface area contributed by atoms with E-state index in [1.54, 1.807) is 0 Å². The lowest BCUT2D eigenvalue weighted by molar-refractivity contribution is 0.0694. The Labute approximate surface area is 112 Å². The van der Waals surface area contributed by atoms with Crippen molar-refractivity contribution in [1.29, 1.82) is 0 Å². The number of H-pyrrole nitrogens is 1. The number of aromatic amines is 1. The summed E-state index contributed by atoms with van der Waals surface area (Å²) in [5, 5.41) is 8.80. The Morgan fingerprint density at radius 2 is 2.00 bits per heavy atom. The number of nitrogens with zero attached hydrogens (tertiary/aromatic N) is 1. The molecule has 1 fully saturated rings. The number of hydrogen-bond acceptors (Lipinski definition) is 3. The second kappa shape index (κ2) is 5.55. The minimum absolute atomic E-state index is 0.255. The normalized spacial score (nSPS) is 23.5. The molecule has 0 unspecified atom stereocenters. The molecule has 0 radical (unpaired) electrons. The molecule has 5 heteroatoms. The SMILES string of the molecule is CC(C)C1CCC(c2ncc(C(=O)O)c(=O)[nH]2)CC1. The second-order valence-electron chi connectivity index (χ2n) is 5.67. The largest absolute Gasteiger partial charge is 0.477 e. The lowest BCUT2D eigenvalue weighted by atomic mass is 9.77. The van der Waals surface area contributed by atoms with Crippen molar-refractivity contribution >= 4 is 5.97 Å². The van der Waals surface area contributed by atoms with Crippen LogP contribution < -0.4 is 5.56 Å². The van der Waals surface area contributed by atoms with Gasteiger partial charge < -0.3 is 10.1 Å². The van der Waals surface area contributed by atoms with E-state index in [4.69, 9.17) is 5.11 Å². The van der Waals surface area contributed by atoms with E-state index in [2.05, 4.69) is 23.8 Å². The van der Waals surface area contributed by atoms with Gasteiger partial charge in [0.15, 0.2) is 0 Å². The standard InChI is InChI=1S/C14H20N2O3/c1-8(2)9-3-5-10(6-4-9)12-15-7-11(14(18)19)13(17)16-12/h7-10H,3-6H2,1-2H3,(H,18,19)(H,15,16,17). The molecular formula is C14H20N2O3. The maximum atomic E-state index is 11.6. The van der Waals surface area contributed by atoms with Gasteiger partial charge in [-0.2, -0.15) is 0 Å². The van der Waals surface area contributed by atoms with Crippen LogP contribution in [0.3, 0.4) is 0 Å². The smallest absolute Gasteiger partial charge is 0.342 e. The maximum absolute atomic E-state index is 11.6. The zero-order valence-electron chi connectivity index (χ0n) is 11.3. The molecule has 0 bridgehead atoms. The van der Waals surface area contributed by atoms with Gasteiger partial charge in [0.05, 0.1) is 0 Å². The molecule has 1 heterocycles. The van der Waals surface area contributed by atoms with Crippen molar-refractivity contribution in [3.63, 3.8) is 0 Å². The van der Waals surface area contributed by atoms with Crippen LogP contribution in [0.25, 0.3) is 0 Å². The van der Waals surface area contributed by atoms with Crippen LogP contribution in [0.4, 0.5) is 0 Å². The third-order valence-corrected chi connectivity index (χ3v) is 4.15. The Bertz CT molecular complexity index is 514. The van der Waals surface area contributed by atoms with Crippen molar-refractivity contribution in [3.05, 3.63) is 27.9 Å². The molecule has 1 aromatic heterocycles. The minimum Gasteiger partial charge on any atom is -0.477 e. The van der Waals surface area contributed by atoms with Crippen LogP contribution in [0.1, 0.15) is 61.6 Å². The average molecular weight is 264 g/mol. The van der Waals surface area contributed by atoms with Gasteiger partial charge in [-0.3, -0.25) is 4.79 Å². The summed E-state index contributed by atoms with van der Waals surface area (Å²) in [7, 11) is 0. The van der Waals surface area contributed by atoms with Gasteiger partial charge in [-0.1, -0.05) is 13.8 Å². The first-order valence-corrected chi connectivity index (χ1v) is 6.81. The van der Waals surface area contributed by atoms with E-state index in [0.717, 1.165) is 31.6 Å². The third kappa shape index (κ3) is 3.03. The topological polar surface area (TPSA) is 83.0 Å². The Morgan fingerprint density at radius 3 is 2.47 bits per heavy atom. The van der Waals surface area contributed by atoms with E-state index in [1.807, 2.05) is 0 Å². The number of rotatable bonds is 3. The summed E-state index contributed by atoms with van der Waals surface area (Å²) >= 11 is 0. The average Bonchev–Trinajstić information content (AvgIpc) is 2.38. The Hall–Kier alpha value is -1.65. The first-order chi connectivity index (χ1) is 8.99. The van der Waals surface area contributed by atoms with Gasteiger partial charge in [-0.15, -0.1) is 0 Å². The second-order valence-corrected chi connectivity index (χ2v) is 5.67. The molecule has 0 saturated heterocycles. The highest BCUT2D eigenvalue weighted by atomic mass is 16.4. The molecular weight excluding hydrogens is 244 g/mol. The van der Waals surface area contributed by atoms with Gasteiger partial charge in [-0.05, 0) is 37.5 Å². The summed E-state index contributed by atoms with van der Waals surface area (Å²) in [6, 6.07) is 0. The lowest BCUT2D eigenvalue weighted by Crippen LogP contribution is -2.24. The molecule has 0 amide bonds. The number of aromatic carboxylic acids is 1. The predicted molar refractivity (Wildman–Crippen MR) is 71.4 cm³/mol. The third-order valence-electron chi connectivity index (χ3n) is 4.15. The minimum atomic E-state index is -1.23. The quantitative estimate of drug-likeness (QED) is 0.878. The summed E-state index contributed by atoms with van der Waals surface area (Å²) in [6.07, 6.45) is 5.49. The molecule has 19 heavy (non-hydrogen) atoms. The van der Waals surface area contributed by atoms with Gasteiger partial charge in [0, 0.05) is 12.1 Å². The van der Waals surface area contributed by atoms with E-state index in [0.29, 0.717) is 11.7 Å². The monoisotopic (exact) mass is 264 g/mol. The summed E-state index contributed by atoms with van der Waals surface area (Å²) in [4.78, 5) is 29.1. The van der Waals surface area contributed by atoms with Crippen LogP contribution in [0.2, 0.25) is 0 Å². The molecule has 1 aromatic rings. The number of hydrogen-bond donors (Lipinski definition) is 2. The van der Waals surface area contributed by atoms with Crippen LogP contribution in [-0.2, 0) is 0 Å². The first-order valence-electron chi connectivity index (χ1n) is 6.81. The highest BCUT2D eigenvalue weighted by Gasteiger charge is 2.26. The zero-order valence-corrected chi connectivity index (χ0v) is 11.3. The summed E-state index contributed by atoms with van der Waals surface area (Å²) in [5.74, 6) is 1.11. The van der Waals surface area contributed by atoms with E-state index in [1.165, 1.54) is 6.20 Å². The molecule has 0 atom stereocenters. The Kier molecular flexibility index (Phi) is 4.02. The highest BCUT2D eigenvalue weighted by Crippen LogP contribution is 2.37. The molecule has 104 valence electrons. The van der Waals surface area contributed by atoms with E-state index >= 15 is 0 Å². The molecule has 2 rings (SSSR count). The number of nitrogens with one attached hydrogen (secondary N) is 1. The van der Waals surface area contributed by atoms with Crippen LogP contribution in [-0.4, -0.2) is 21.0 Å². The van der Waals surface area contributed by atoms with Gasteiger partial charge in [0.2, 0.25) is 0 Å². The van der Waals surface area contributed by atoms with Crippen LogP contribution in [0.15, 0.2) is 11.0 Å². The van der Waals surface area contributed by atoms with Crippen molar-refractivity contribution in [2.75, 3.05) is 0 Å². The van der Waals surface area contributed by atoms with Gasteiger partial charge in [0.1, 0.15) is 11.4 Å². The molecule has 0 spiro atoms. The molecule has 0 aromatic carbocycles. The van der Waals surface area contributed by atoms with E-state index in [-0.39, 0.29) is 11.5 Å². The molecule has 1 aliphatic carbocycles. The number of carboxylic acid groups (broad SMARTS) is 1. The molecule has 1 saturated carbocycles. The zero-order chi connectivity index (χ0) is 14.0. The first kappa shape index (κ1) is 13.8. The lowest BCUT2D eigenvalue weighted by Gasteiger charge is -2.30. The number of carbonyl (C=O) groups is 1. The fourth-order valence-electron chi connectivity index (χ4n) is 2.83. The van der Waals surface area contributed by atoms with Crippen LogP contribution in [0, 0.1) is 11.8 Å². The van der Waals surface area contributed by atoms with Crippen molar-refractivity contribution in [2.45, 2.75) is 45.4 Å². The highest BCUT2D eigenvalue weighted by molar-refractivity contribution is 5.86. The van der Waals surface area contributed by atoms with Crippen LogP contribution in [0.5, 0.6) is 0 Å². The summed E-state index contributed by atoms with van der Waals surface area (Å²) in [5.41, 5.74) is -0.844. The van der Waals surface area contributed by atoms with Crippen molar-refractivity contribution in [3.8, 4) is 0 Å². The van der Waals surface area contributed by atoms with Crippen LogP contribution >= 0.6 is 0 Å². The molecule has 0 aliphatic heterocycles. The number of aromatic nitrogens is 2. The van der Waals surface area contributed by atoms with Crippen molar-refractivity contribution in [2.24, 2.45) is 11.8 Å². The predicted octanol–water partition coefficient (Wildman–Crippen LogP) is 2.40. The Morgan fingerprint density at radius 1 is 1.37 bits per heavy atom. The number of carboxylic acids is 1. The summed E-state index contributed by atoms with van der Waals surface area (Å²) < 4.78 is 0. The van der Waals surface area contributed by atoms with Gasteiger partial charge >= 0.3 is 5.97 Å². The molecule has 5 nitrogen and oxygen atoms in total. The van der Waals surface area contributed by atoms with Gasteiger partial charge in [-0.25, -0.2) is 9.78 Å². The fraction of sp³-hybridized carbons (Fsp3) is 0.643. The van der Waals surface area contributed by atoms with E-state index < -0.39 is 11.5 Å². The van der Waals surface area contributed by atoms with Crippen molar-refractivity contribution < 1.29 is 9.90 Å². The molecule has 1 aliphatic rings. The summed E-state index contributed by atoms with van der Waals surface area (Å²) in [6.45, 7) is 4.49. The maximum Gasteiger partial charge on any atom is 0.342 e. The van der Waals surface area contributed by atoms with E-state index in [9.17, 15) is 9.59 Å². The van der Waals surface area contributed by atoms with Crippen molar-refractivity contribution in [1.82, 2.24) is 9.97 Å². The van der Waals surface area contributed by atoms with Gasteiger partial charge in [0.25, 0.3) is 5.56 Å². The fourth-order valence-corrected chi connectivity index (χ4v) is 2.83. The molecule has 2 N–H and O–H groups in total.